The van der Waals surface area contributed by atoms with E-state index < -0.39 is 0 Å². The number of hydrogen-bond acceptors (Lipinski definition) is 4. The Morgan fingerprint density at radius 1 is 1.30 bits per heavy atom. The minimum absolute atomic E-state index is 0.00951. The monoisotopic (exact) mass is 328 g/mol. The molecule has 1 atom stereocenters. The summed E-state index contributed by atoms with van der Waals surface area (Å²) in [6.07, 6.45) is 2.18. The molecule has 0 saturated heterocycles. The molecule has 0 fully saturated rings. The third-order valence-electron chi connectivity index (χ3n) is 3.67. The molecule has 0 aliphatic heterocycles. The Hall–Kier alpha value is -2.21. The van der Waals surface area contributed by atoms with Gasteiger partial charge in [0.15, 0.2) is 5.65 Å². The van der Waals surface area contributed by atoms with Gasteiger partial charge >= 0.3 is 0 Å². The maximum atomic E-state index is 12.2. The molecule has 3 rings (SSSR count). The van der Waals surface area contributed by atoms with Crippen LogP contribution in [-0.4, -0.2) is 20.4 Å². The molecule has 3 heterocycles. The number of hydrogen-bond donors (Lipinski definition) is 1. The van der Waals surface area contributed by atoms with Gasteiger partial charge in [0.25, 0.3) is 0 Å². The van der Waals surface area contributed by atoms with E-state index in [1.165, 1.54) is 0 Å². The molecular weight excluding hydrogens is 308 g/mol. The van der Waals surface area contributed by atoms with Gasteiger partial charge in [-0.25, -0.2) is 9.97 Å². The molecule has 0 spiro atoms. The molecule has 1 N–H and O–H groups in total. The number of carbonyl (C=O) groups excluding carboxylic acids is 1. The van der Waals surface area contributed by atoms with Crippen molar-refractivity contribution >= 4 is 28.4 Å². The Kier molecular flexibility index (Phi) is 4.43. The second-order valence-electron chi connectivity index (χ2n) is 5.83. The highest BCUT2D eigenvalue weighted by atomic mass is 32.1. The number of thiophene rings is 1. The normalized spacial score (nSPS) is 12.7. The van der Waals surface area contributed by atoms with E-state index in [-0.39, 0.29) is 18.0 Å². The van der Waals surface area contributed by atoms with Crippen LogP contribution >= 0.6 is 11.3 Å². The maximum absolute atomic E-state index is 12.2. The van der Waals surface area contributed by atoms with Crippen LogP contribution in [0.5, 0.6) is 0 Å². The predicted octanol–water partition coefficient (Wildman–Crippen LogP) is 3.49. The van der Waals surface area contributed by atoms with Crippen LogP contribution in [0.3, 0.4) is 0 Å². The summed E-state index contributed by atoms with van der Waals surface area (Å²) in [5.74, 6) is 0.850. The van der Waals surface area contributed by atoms with Gasteiger partial charge in [-0.15, -0.1) is 11.3 Å². The highest BCUT2D eigenvalue weighted by Crippen LogP contribution is 2.23. The van der Waals surface area contributed by atoms with Crippen molar-refractivity contribution in [1.82, 2.24) is 19.9 Å². The van der Waals surface area contributed by atoms with Crippen molar-refractivity contribution in [2.75, 3.05) is 0 Å². The lowest BCUT2D eigenvalue weighted by Gasteiger charge is -2.18. The molecule has 0 radical (unpaired) electrons. The van der Waals surface area contributed by atoms with Gasteiger partial charge in [0, 0.05) is 17.1 Å². The van der Waals surface area contributed by atoms with Crippen molar-refractivity contribution in [2.24, 2.45) is 0 Å². The van der Waals surface area contributed by atoms with Gasteiger partial charge in [-0.2, -0.15) is 0 Å². The molecule has 0 bridgehead atoms. The highest BCUT2D eigenvalue weighted by Gasteiger charge is 2.20. The SMILES string of the molecule is CC(NC(=O)Cc1cccs1)c1nc2cccnc2n1C(C)C. The summed E-state index contributed by atoms with van der Waals surface area (Å²) in [4.78, 5) is 22.4. The van der Waals surface area contributed by atoms with Crippen molar-refractivity contribution in [3.05, 3.63) is 46.5 Å². The maximum Gasteiger partial charge on any atom is 0.225 e. The van der Waals surface area contributed by atoms with Crippen LogP contribution in [0.1, 0.15) is 43.6 Å². The molecule has 0 aromatic carbocycles. The topological polar surface area (TPSA) is 59.8 Å². The first-order valence-electron chi connectivity index (χ1n) is 7.71. The molecule has 0 aliphatic rings. The van der Waals surface area contributed by atoms with E-state index in [1.807, 2.05) is 36.6 Å². The van der Waals surface area contributed by atoms with E-state index in [1.54, 1.807) is 17.5 Å². The molecule has 3 aromatic heterocycles. The van der Waals surface area contributed by atoms with Gasteiger partial charge in [0.05, 0.1) is 12.5 Å². The van der Waals surface area contributed by atoms with Crippen LogP contribution in [-0.2, 0) is 11.2 Å². The number of imidazole rings is 1. The third-order valence-corrected chi connectivity index (χ3v) is 4.55. The zero-order chi connectivity index (χ0) is 16.4. The lowest BCUT2D eigenvalue weighted by atomic mass is 10.2. The van der Waals surface area contributed by atoms with E-state index in [4.69, 9.17) is 0 Å². The average molecular weight is 328 g/mol. The second-order valence-corrected chi connectivity index (χ2v) is 6.86. The second kappa shape index (κ2) is 6.50. The molecule has 5 nitrogen and oxygen atoms in total. The summed E-state index contributed by atoms with van der Waals surface area (Å²) in [6.45, 7) is 6.16. The number of nitrogens with zero attached hydrogens (tertiary/aromatic N) is 3. The summed E-state index contributed by atoms with van der Waals surface area (Å²) >= 11 is 1.59. The zero-order valence-electron chi connectivity index (χ0n) is 13.5. The van der Waals surface area contributed by atoms with E-state index in [0.717, 1.165) is 21.9 Å². The molecular formula is C17H20N4OS. The fourth-order valence-electron chi connectivity index (χ4n) is 2.69. The van der Waals surface area contributed by atoms with Crippen LogP contribution in [0.2, 0.25) is 0 Å². The Morgan fingerprint density at radius 3 is 2.83 bits per heavy atom. The van der Waals surface area contributed by atoms with Crippen LogP contribution in [0.4, 0.5) is 0 Å². The van der Waals surface area contributed by atoms with Gasteiger partial charge in [0.2, 0.25) is 5.91 Å². The van der Waals surface area contributed by atoms with Crippen LogP contribution in [0, 0.1) is 0 Å². The Morgan fingerprint density at radius 2 is 2.13 bits per heavy atom. The fraction of sp³-hybridized carbons (Fsp3) is 0.353. The largest absolute Gasteiger partial charge is 0.346 e. The summed E-state index contributed by atoms with van der Waals surface area (Å²) < 4.78 is 2.09. The smallest absolute Gasteiger partial charge is 0.225 e. The average Bonchev–Trinajstić information content (AvgIpc) is 3.13. The lowest BCUT2D eigenvalue weighted by Crippen LogP contribution is -2.30. The molecule has 6 heteroatoms. The van der Waals surface area contributed by atoms with E-state index >= 15 is 0 Å². The number of carbonyl (C=O) groups is 1. The molecule has 120 valence electrons. The standard InChI is InChI=1S/C17H20N4OS/c1-11(2)21-16(20-14-7-4-8-18-17(14)21)12(3)19-15(22)10-13-6-5-9-23-13/h4-9,11-12H,10H2,1-3H3,(H,19,22). The van der Waals surface area contributed by atoms with Crippen molar-refractivity contribution in [3.63, 3.8) is 0 Å². The summed E-state index contributed by atoms with van der Waals surface area (Å²) in [5, 5.41) is 5.03. The number of amides is 1. The van der Waals surface area contributed by atoms with Gasteiger partial charge in [0.1, 0.15) is 11.3 Å². The molecule has 3 aromatic rings. The number of fused-ring (bicyclic) bond motifs is 1. The summed E-state index contributed by atoms with van der Waals surface area (Å²) in [5.41, 5.74) is 1.72. The quantitative estimate of drug-likeness (QED) is 0.780. The Labute approximate surface area is 139 Å². The minimum Gasteiger partial charge on any atom is -0.346 e. The lowest BCUT2D eigenvalue weighted by molar-refractivity contribution is -0.121. The first-order valence-corrected chi connectivity index (χ1v) is 8.59. The number of aromatic nitrogens is 3. The van der Waals surface area contributed by atoms with Crippen molar-refractivity contribution in [2.45, 2.75) is 39.3 Å². The van der Waals surface area contributed by atoms with E-state index in [9.17, 15) is 4.79 Å². The van der Waals surface area contributed by atoms with Gasteiger partial charge in [-0.05, 0) is 44.4 Å². The molecule has 0 saturated carbocycles. The Bertz CT molecular complexity index is 807. The van der Waals surface area contributed by atoms with Crippen LogP contribution < -0.4 is 5.32 Å². The molecule has 23 heavy (non-hydrogen) atoms. The highest BCUT2D eigenvalue weighted by molar-refractivity contribution is 7.10. The number of pyridine rings is 1. The zero-order valence-corrected chi connectivity index (χ0v) is 14.3. The van der Waals surface area contributed by atoms with Gasteiger partial charge < -0.3 is 9.88 Å². The number of rotatable bonds is 5. The van der Waals surface area contributed by atoms with Crippen molar-refractivity contribution in [3.8, 4) is 0 Å². The summed E-state index contributed by atoms with van der Waals surface area (Å²) in [7, 11) is 0. The van der Waals surface area contributed by atoms with Crippen molar-refractivity contribution < 1.29 is 4.79 Å². The van der Waals surface area contributed by atoms with E-state index in [2.05, 4.69) is 33.7 Å². The molecule has 1 unspecified atom stereocenters. The number of nitrogens with one attached hydrogen (secondary N) is 1. The first-order chi connectivity index (χ1) is 11.1. The predicted molar refractivity (Wildman–Crippen MR) is 92.5 cm³/mol. The van der Waals surface area contributed by atoms with E-state index in [0.29, 0.717) is 6.42 Å². The van der Waals surface area contributed by atoms with Crippen molar-refractivity contribution in [1.29, 1.82) is 0 Å². The Balaban J connectivity index is 1.84. The van der Waals surface area contributed by atoms with Gasteiger partial charge in [-0.1, -0.05) is 6.07 Å². The third kappa shape index (κ3) is 3.27. The van der Waals surface area contributed by atoms with Crippen LogP contribution in [0.25, 0.3) is 11.2 Å². The molecule has 0 aliphatic carbocycles. The minimum atomic E-state index is -0.168. The summed E-state index contributed by atoms with van der Waals surface area (Å²) in [6, 6.07) is 7.82. The fourth-order valence-corrected chi connectivity index (χ4v) is 3.39. The van der Waals surface area contributed by atoms with Crippen LogP contribution in [0.15, 0.2) is 35.8 Å². The first kappa shape index (κ1) is 15.7. The molecule has 1 amide bonds. The van der Waals surface area contributed by atoms with Gasteiger partial charge in [-0.3, -0.25) is 4.79 Å².